The number of rotatable bonds is 7. The second-order valence-electron chi connectivity index (χ2n) is 7.59. The second-order valence-corrected chi connectivity index (χ2v) is 7.59. The van der Waals surface area contributed by atoms with Crippen LogP contribution in [0.5, 0.6) is 0 Å². The Balaban J connectivity index is 2.40. The van der Waals surface area contributed by atoms with Crippen LogP contribution in [0, 0.1) is 5.92 Å². The number of nitrogens with one attached hydrogen (secondary N) is 1. The Hall–Kier alpha value is -0.0800. The smallest absolute Gasteiger partial charge is 0.0156 e. The van der Waals surface area contributed by atoms with Gasteiger partial charge in [0, 0.05) is 11.6 Å². The van der Waals surface area contributed by atoms with Gasteiger partial charge in [0.15, 0.2) is 0 Å². The third-order valence-electron chi connectivity index (χ3n) is 4.99. The molecule has 0 saturated carbocycles. The number of likely N-dealkylation sites (tertiary alicyclic amines) is 1. The summed E-state index contributed by atoms with van der Waals surface area (Å²) in [4.78, 5) is 2.76. The molecule has 0 bridgehead atoms. The molecular weight excluding hydrogens is 244 g/mol. The summed E-state index contributed by atoms with van der Waals surface area (Å²) in [5.41, 5.74) is 0.355. The lowest BCUT2D eigenvalue weighted by atomic mass is 9.88. The lowest BCUT2D eigenvalue weighted by molar-refractivity contribution is 0.0857. The summed E-state index contributed by atoms with van der Waals surface area (Å²) in [6.07, 6.45) is 9.61. The molecule has 0 aromatic rings. The number of nitrogens with zero attached hydrogens (tertiary/aromatic N) is 1. The first-order valence-corrected chi connectivity index (χ1v) is 8.94. The van der Waals surface area contributed by atoms with E-state index in [0.717, 1.165) is 12.5 Å². The Morgan fingerprint density at radius 2 is 1.55 bits per heavy atom. The van der Waals surface area contributed by atoms with Gasteiger partial charge in [-0.2, -0.15) is 0 Å². The van der Waals surface area contributed by atoms with Crippen molar-refractivity contribution in [2.75, 3.05) is 19.6 Å². The van der Waals surface area contributed by atoms with Gasteiger partial charge in [-0.3, -0.25) is 4.90 Å². The van der Waals surface area contributed by atoms with E-state index in [2.05, 4.69) is 44.8 Å². The first-order valence-electron chi connectivity index (χ1n) is 8.94. The van der Waals surface area contributed by atoms with Gasteiger partial charge in [0.25, 0.3) is 0 Å². The lowest BCUT2D eigenvalue weighted by Crippen LogP contribution is -2.47. The van der Waals surface area contributed by atoms with Crippen LogP contribution in [0.3, 0.4) is 0 Å². The van der Waals surface area contributed by atoms with E-state index in [1.54, 1.807) is 0 Å². The summed E-state index contributed by atoms with van der Waals surface area (Å²) >= 11 is 0. The SMILES string of the molecule is CCC(C)NCC(C)CC(C)(C)N1CCCCCCC1. The topological polar surface area (TPSA) is 15.3 Å². The normalized spacial score (nSPS) is 22.1. The van der Waals surface area contributed by atoms with Crippen LogP contribution in [0.1, 0.15) is 79.6 Å². The summed E-state index contributed by atoms with van der Waals surface area (Å²) in [6, 6.07) is 0.655. The van der Waals surface area contributed by atoms with Crippen molar-refractivity contribution >= 4 is 0 Å². The third kappa shape index (κ3) is 6.58. The largest absolute Gasteiger partial charge is 0.314 e. The highest BCUT2D eigenvalue weighted by Crippen LogP contribution is 2.26. The maximum Gasteiger partial charge on any atom is 0.0156 e. The van der Waals surface area contributed by atoms with Gasteiger partial charge in [-0.1, -0.05) is 33.1 Å². The maximum atomic E-state index is 3.66. The van der Waals surface area contributed by atoms with Crippen molar-refractivity contribution in [2.45, 2.75) is 91.1 Å². The van der Waals surface area contributed by atoms with E-state index in [9.17, 15) is 0 Å². The average Bonchev–Trinajstić information content (AvgIpc) is 2.34. The second kappa shape index (κ2) is 9.04. The Bertz CT molecular complexity index is 242. The van der Waals surface area contributed by atoms with Crippen LogP contribution in [-0.4, -0.2) is 36.1 Å². The van der Waals surface area contributed by atoms with Crippen molar-refractivity contribution in [3.63, 3.8) is 0 Å². The summed E-state index contributed by atoms with van der Waals surface area (Å²) in [7, 11) is 0. The Labute approximate surface area is 127 Å². The molecule has 1 fully saturated rings. The van der Waals surface area contributed by atoms with E-state index in [0.29, 0.717) is 11.6 Å². The van der Waals surface area contributed by atoms with E-state index >= 15 is 0 Å². The summed E-state index contributed by atoms with van der Waals surface area (Å²) < 4.78 is 0. The van der Waals surface area contributed by atoms with Crippen LogP contribution in [0.4, 0.5) is 0 Å². The Kier molecular flexibility index (Phi) is 8.13. The maximum absolute atomic E-state index is 3.66. The van der Waals surface area contributed by atoms with Crippen molar-refractivity contribution in [1.82, 2.24) is 10.2 Å². The van der Waals surface area contributed by atoms with E-state index in [1.807, 2.05) is 0 Å². The average molecular weight is 283 g/mol. The first-order chi connectivity index (χ1) is 9.45. The van der Waals surface area contributed by atoms with E-state index < -0.39 is 0 Å². The van der Waals surface area contributed by atoms with Gasteiger partial charge in [-0.15, -0.1) is 0 Å². The highest BCUT2D eigenvalue weighted by molar-refractivity contribution is 4.84. The van der Waals surface area contributed by atoms with Crippen molar-refractivity contribution < 1.29 is 0 Å². The van der Waals surface area contributed by atoms with Crippen LogP contribution in [0.2, 0.25) is 0 Å². The standard InChI is InChI=1S/C18H38N2/c1-6-17(3)19-15-16(2)14-18(4,5)20-12-10-8-7-9-11-13-20/h16-17,19H,6-15H2,1-5H3. The highest BCUT2D eigenvalue weighted by Gasteiger charge is 2.28. The molecule has 2 heteroatoms. The van der Waals surface area contributed by atoms with Gasteiger partial charge < -0.3 is 5.32 Å². The van der Waals surface area contributed by atoms with Crippen molar-refractivity contribution in [3.05, 3.63) is 0 Å². The molecule has 2 atom stereocenters. The zero-order valence-electron chi connectivity index (χ0n) is 14.7. The molecule has 2 nitrogen and oxygen atoms in total. The molecule has 1 N–H and O–H groups in total. The molecule has 120 valence electrons. The van der Waals surface area contributed by atoms with Crippen LogP contribution < -0.4 is 5.32 Å². The Morgan fingerprint density at radius 3 is 2.10 bits per heavy atom. The van der Waals surface area contributed by atoms with Gasteiger partial charge in [0.1, 0.15) is 0 Å². The predicted octanol–water partition coefficient (Wildman–Crippen LogP) is 4.45. The molecule has 1 aliphatic rings. The minimum Gasteiger partial charge on any atom is -0.314 e. The minimum absolute atomic E-state index is 0.355. The third-order valence-corrected chi connectivity index (χ3v) is 4.99. The monoisotopic (exact) mass is 282 g/mol. The van der Waals surface area contributed by atoms with E-state index in [4.69, 9.17) is 0 Å². The lowest BCUT2D eigenvalue weighted by Gasteiger charge is -2.41. The molecule has 0 aromatic heterocycles. The zero-order valence-corrected chi connectivity index (χ0v) is 14.7. The fraction of sp³-hybridized carbons (Fsp3) is 1.00. The van der Waals surface area contributed by atoms with Crippen LogP contribution in [0.25, 0.3) is 0 Å². The van der Waals surface area contributed by atoms with Crippen molar-refractivity contribution in [1.29, 1.82) is 0 Å². The molecule has 1 aliphatic heterocycles. The van der Waals surface area contributed by atoms with Crippen molar-refractivity contribution in [3.8, 4) is 0 Å². The fourth-order valence-electron chi connectivity index (χ4n) is 3.45. The summed E-state index contributed by atoms with van der Waals surface area (Å²) in [5, 5.41) is 3.66. The molecule has 0 aliphatic carbocycles. The first kappa shape index (κ1) is 18.0. The van der Waals surface area contributed by atoms with Gasteiger partial charge in [0.05, 0.1) is 0 Å². The summed E-state index contributed by atoms with van der Waals surface area (Å²) in [6.45, 7) is 15.6. The molecule has 0 spiro atoms. The quantitative estimate of drug-likeness (QED) is 0.742. The molecule has 0 aromatic carbocycles. The molecule has 0 radical (unpaired) electrons. The Morgan fingerprint density at radius 1 is 1.00 bits per heavy atom. The van der Waals surface area contributed by atoms with E-state index in [1.165, 1.54) is 58.0 Å². The van der Waals surface area contributed by atoms with Gasteiger partial charge in [-0.25, -0.2) is 0 Å². The minimum atomic E-state index is 0.355. The van der Waals surface area contributed by atoms with Gasteiger partial charge in [0.2, 0.25) is 0 Å². The molecule has 1 rings (SSSR count). The number of hydrogen-bond donors (Lipinski definition) is 1. The van der Waals surface area contributed by atoms with Crippen LogP contribution >= 0.6 is 0 Å². The predicted molar refractivity (Wildman–Crippen MR) is 90.3 cm³/mol. The highest BCUT2D eigenvalue weighted by atomic mass is 15.2. The van der Waals surface area contributed by atoms with Crippen LogP contribution in [0.15, 0.2) is 0 Å². The van der Waals surface area contributed by atoms with Gasteiger partial charge in [-0.05, 0) is 72.0 Å². The van der Waals surface area contributed by atoms with Crippen LogP contribution in [-0.2, 0) is 0 Å². The molecule has 1 saturated heterocycles. The number of hydrogen-bond acceptors (Lipinski definition) is 2. The molecule has 2 unspecified atom stereocenters. The molecule has 0 amide bonds. The van der Waals surface area contributed by atoms with Crippen molar-refractivity contribution in [2.24, 2.45) is 5.92 Å². The molecule has 1 heterocycles. The summed E-state index contributed by atoms with van der Waals surface area (Å²) in [5.74, 6) is 0.754. The zero-order chi connectivity index (χ0) is 15.0. The fourth-order valence-corrected chi connectivity index (χ4v) is 3.45. The van der Waals surface area contributed by atoms with E-state index in [-0.39, 0.29) is 0 Å². The molecule has 20 heavy (non-hydrogen) atoms. The van der Waals surface area contributed by atoms with Gasteiger partial charge >= 0.3 is 0 Å². The molecular formula is C18H38N2.